The van der Waals surface area contributed by atoms with Gasteiger partial charge in [-0.15, -0.1) is 0 Å². The van der Waals surface area contributed by atoms with Gasteiger partial charge < -0.3 is 15.4 Å². The predicted molar refractivity (Wildman–Crippen MR) is 74.8 cm³/mol. The molecule has 1 aromatic carbocycles. The standard InChI is InChI=1S/C14H18ClFN2O2/c1-14(8-20-7-12(14)17)13(19)18(2)6-9-10(15)4-3-5-11(9)16/h3-5,12H,6-8,17H2,1-2H3. The van der Waals surface area contributed by atoms with Crippen LogP contribution in [0, 0.1) is 11.2 Å². The van der Waals surface area contributed by atoms with Gasteiger partial charge in [0.1, 0.15) is 5.82 Å². The fourth-order valence-electron chi connectivity index (χ4n) is 2.34. The van der Waals surface area contributed by atoms with Crippen LogP contribution in [0.25, 0.3) is 0 Å². The van der Waals surface area contributed by atoms with Crippen LogP contribution in [-0.4, -0.2) is 37.1 Å². The summed E-state index contributed by atoms with van der Waals surface area (Å²) in [6.45, 7) is 2.51. The van der Waals surface area contributed by atoms with Gasteiger partial charge in [0, 0.05) is 30.2 Å². The number of carbonyl (C=O) groups excluding carboxylic acids is 1. The number of carbonyl (C=O) groups is 1. The van der Waals surface area contributed by atoms with Gasteiger partial charge in [-0.25, -0.2) is 4.39 Å². The molecule has 1 amide bonds. The van der Waals surface area contributed by atoms with Crippen LogP contribution in [0.2, 0.25) is 5.02 Å². The molecule has 1 aromatic rings. The van der Waals surface area contributed by atoms with Crippen LogP contribution in [0.1, 0.15) is 12.5 Å². The molecule has 0 bridgehead atoms. The number of benzene rings is 1. The first-order chi connectivity index (χ1) is 9.36. The Kier molecular flexibility index (Phi) is 4.32. The summed E-state index contributed by atoms with van der Waals surface area (Å²) in [5.74, 6) is -0.587. The van der Waals surface area contributed by atoms with E-state index in [-0.39, 0.29) is 25.1 Å². The molecule has 20 heavy (non-hydrogen) atoms. The number of hydrogen-bond acceptors (Lipinski definition) is 3. The van der Waals surface area contributed by atoms with Crippen LogP contribution in [0.15, 0.2) is 18.2 Å². The van der Waals surface area contributed by atoms with Gasteiger partial charge in [-0.3, -0.25) is 4.79 Å². The normalized spacial score (nSPS) is 25.8. The van der Waals surface area contributed by atoms with E-state index in [9.17, 15) is 9.18 Å². The third-order valence-corrected chi connectivity index (χ3v) is 4.16. The maximum absolute atomic E-state index is 13.8. The highest BCUT2D eigenvalue weighted by atomic mass is 35.5. The Bertz CT molecular complexity index is 506. The number of ether oxygens (including phenoxy) is 1. The van der Waals surface area contributed by atoms with Gasteiger partial charge in [0.15, 0.2) is 0 Å². The summed E-state index contributed by atoms with van der Waals surface area (Å²) >= 11 is 5.97. The van der Waals surface area contributed by atoms with Crippen molar-refractivity contribution < 1.29 is 13.9 Å². The molecule has 0 spiro atoms. The summed E-state index contributed by atoms with van der Waals surface area (Å²) in [6, 6.07) is 4.11. The van der Waals surface area contributed by atoms with Crippen LogP contribution in [0.3, 0.4) is 0 Å². The van der Waals surface area contributed by atoms with E-state index >= 15 is 0 Å². The fourth-order valence-corrected chi connectivity index (χ4v) is 2.56. The number of nitrogens with zero attached hydrogens (tertiary/aromatic N) is 1. The predicted octanol–water partition coefficient (Wildman–Crippen LogP) is 1.80. The Morgan fingerprint density at radius 1 is 1.65 bits per heavy atom. The highest BCUT2D eigenvalue weighted by Crippen LogP contribution is 2.30. The molecular weight excluding hydrogens is 283 g/mol. The lowest BCUT2D eigenvalue weighted by atomic mass is 9.84. The van der Waals surface area contributed by atoms with E-state index < -0.39 is 11.2 Å². The molecule has 2 atom stereocenters. The van der Waals surface area contributed by atoms with E-state index in [0.29, 0.717) is 17.2 Å². The molecule has 110 valence electrons. The number of amides is 1. The van der Waals surface area contributed by atoms with Crippen molar-refractivity contribution in [3.8, 4) is 0 Å². The van der Waals surface area contributed by atoms with Crippen molar-refractivity contribution in [2.45, 2.75) is 19.5 Å². The van der Waals surface area contributed by atoms with Gasteiger partial charge >= 0.3 is 0 Å². The van der Waals surface area contributed by atoms with Crippen LogP contribution in [-0.2, 0) is 16.1 Å². The summed E-state index contributed by atoms with van der Waals surface area (Å²) in [7, 11) is 1.61. The van der Waals surface area contributed by atoms with E-state index in [0.717, 1.165) is 0 Å². The molecule has 1 heterocycles. The molecule has 0 aliphatic carbocycles. The molecule has 6 heteroatoms. The lowest BCUT2D eigenvalue weighted by Crippen LogP contribution is -2.50. The maximum atomic E-state index is 13.8. The molecule has 2 rings (SSSR count). The summed E-state index contributed by atoms with van der Waals surface area (Å²) in [5.41, 5.74) is 5.47. The van der Waals surface area contributed by atoms with Crippen LogP contribution in [0.5, 0.6) is 0 Å². The van der Waals surface area contributed by atoms with Gasteiger partial charge in [-0.1, -0.05) is 17.7 Å². The van der Waals surface area contributed by atoms with E-state index in [4.69, 9.17) is 22.1 Å². The van der Waals surface area contributed by atoms with Gasteiger partial charge in [-0.2, -0.15) is 0 Å². The summed E-state index contributed by atoms with van der Waals surface area (Å²) in [5, 5.41) is 0.307. The number of rotatable bonds is 3. The molecule has 4 nitrogen and oxygen atoms in total. The lowest BCUT2D eigenvalue weighted by molar-refractivity contribution is -0.141. The highest BCUT2D eigenvalue weighted by molar-refractivity contribution is 6.31. The Balaban J connectivity index is 2.16. The van der Waals surface area contributed by atoms with E-state index in [1.165, 1.54) is 17.0 Å². The number of hydrogen-bond donors (Lipinski definition) is 1. The van der Waals surface area contributed by atoms with E-state index in [2.05, 4.69) is 0 Å². The second kappa shape index (κ2) is 5.68. The Labute approximate surface area is 122 Å². The second-order valence-corrected chi connectivity index (χ2v) is 5.81. The third kappa shape index (κ3) is 2.66. The Morgan fingerprint density at radius 2 is 2.35 bits per heavy atom. The van der Waals surface area contributed by atoms with Gasteiger partial charge in [0.25, 0.3) is 0 Å². The molecule has 0 aromatic heterocycles. The van der Waals surface area contributed by atoms with Crippen molar-refractivity contribution in [1.29, 1.82) is 0 Å². The Hall–Kier alpha value is -1.17. The highest BCUT2D eigenvalue weighted by Gasteiger charge is 2.45. The van der Waals surface area contributed by atoms with Crippen LogP contribution >= 0.6 is 11.6 Å². The fraction of sp³-hybridized carbons (Fsp3) is 0.500. The van der Waals surface area contributed by atoms with Crippen LogP contribution in [0.4, 0.5) is 4.39 Å². The Morgan fingerprint density at radius 3 is 2.90 bits per heavy atom. The van der Waals surface area contributed by atoms with Crippen LogP contribution < -0.4 is 5.73 Å². The zero-order valence-corrected chi connectivity index (χ0v) is 12.3. The molecule has 0 radical (unpaired) electrons. The van der Waals surface area contributed by atoms with Gasteiger partial charge in [0.05, 0.1) is 18.6 Å². The van der Waals surface area contributed by atoms with Crippen molar-refractivity contribution >= 4 is 17.5 Å². The average Bonchev–Trinajstić information content (AvgIpc) is 2.74. The minimum Gasteiger partial charge on any atom is -0.379 e. The molecule has 2 unspecified atom stereocenters. The second-order valence-electron chi connectivity index (χ2n) is 5.40. The minimum atomic E-state index is -0.771. The van der Waals surface area contributed by atoms with Crippen molar-refractivity contribution in [2.24, 2.45) is 11.1 Å². The molecule has 1 aliphatic heterocycles. The summed E-state index contributed by atoms with van der Waals surface area (Å²) < 4.78 is 19.0. The lowest BCUT2D eigenvalue weighted by Gasteiger charge is -2.31. The smallest absolute Gasteiger partial charge is 0.232 e. The summed E-state index contributed by atoms with van der Waals surface area (Å²) in [4.78, 5) is 13.9. The minimum absolute atomic E-state index is 0.104. The number of halogens is 2. The topological polar surface area (TPSA) is 55.6 Å². The first-order valence-corrected chi connectivity index (χ1v) is 6.76. The van der Waals surface area contributed by atoms with Crippen molar-refractivity contribution in [1.82, 2.24) is 4.90 Å². The first kappa shape index (κ1) is 15.2. The monoisotopic (exact) mass is 300 g/mol. The maximum Gasteiger partial charge on any atom is 0.232 e. The molecule has 1 fully saturated rings. The van der Waals surface area contributed by atoms with Gasteiger partial charge in [0.2, 0.25) is 5.91 Å². The quantitative estimate of drug-likeness (QED) is 0.926. The zero-order chi connectivity index (χ0) is 14.9. The van der Waals surface area contributed by atoms with Crippen molar-refractivity contribution in [3.05, 3.63) is 34.6 Å². The van der Waals surface area contributed by atoms with E-state index in [1.54, 1.807) is 20.0 Å². The largest absolute Gasteiger partial charge is 0.379 e. The first-order valence-electron chi connectivity index (χ1n) is 6.38. The van der Waals surface area contributed by atoms with Crippen molar-refractivity contribution in [3.63, 3.8) is 0 Å². The summed E-state index contributed by atoms with van der Waals surface area (Å²) in [6.07, 6.45) is 0. The zero-order valence-electron chi connectivity index (χ0n) is 11.5. The number of nitrogens with two attached hydrogens (primary N) is 1. The third-order valence-electron chi connectivity index (χ3n) is 3.81. The molecule has 1 aliphatic rings. The van der Waals surface area contributed by atoms with Crippen molar-refractivity contribution in [2.75, 3.05) is 20.3 Å². The van der Waals surface area contributed by atoms with Gasteiger partial charge in [-0.05, 0) is 19.1 Å². The molecule has 1 saturated heterocycles. The van der Waals surface area contributed by atoms with E-state index in [1.807, 2.05) is 0 Å². The molecule has 2 N–H and O–H groups in total. The SMILES string of the molecule is CN(Cc1c(F)cccc1Cl)C(=O)C1(C)COCC1N. The molecular formula is C14H18ClFN2O2. The molecule has 0 saturated carbocycles. The average molecular weight is 301 g/mol.